The van der Waals surface area contributed by atoms with Crippen LogP contribution in [0.4, 0.5) is 0 Å². The van der Waals surface area contributed by atoms with E-state index in [9.17, 15) is 0 Å². The molecule has 13 heavy (non-hydrogen) atoms. The van der Waals surface area contributed by atoms with E-state index in [0.717, 1.165) is 5.69 Å². The molecule has 0 bridgehead atoms. The van der Waals surface area contributed by atoms with Gasteiger partial charge in [-0.25, -0.2) is 4.98 Å². The number of nitrogens with zero attached hydrogens (tertiary/aromatic N) is 1. The van der Waals surface area contributed by atoms with Crippen molar-refractivity contribution in [1.29, 1.82) is 0 Å². The van der Waals surface area contributed by atoms with Gasteiger partial charge in [0.15, 0.2) is 0 Å². The molecule has 0 saturated carbocycles. The molecule has 64 valence electrons. The van der Waals surface area contributed by atoms with E-state index in [1.807, 2.05) is 30.4 Å². The number of nitrogens with one attached hydrogen (secondary N) is 1. The summed E-state index contributed by atoms with van der Waals surface area (Å²) in [6.07, 6.45) is 7.51. The minimum Gasteiger partial charge on any atom is -0.345 e. The van der Waals surface area contributed by atoms with Gasteiger partial charge >= 0.3 is 0 Å². The molecule has 2 heteroatoms. The zero-order valence-electron chi connectivity index (χ0n) is 7.14. The zero-order valence-corrected chi connectivity index (χ0v) is 7.14. The molecule has 1 N–H and O–H groups in total. The second kappa shape index (κ2) is 3.72. The molecule has 0 atom stereocenters. The van der Waals surface area contributed by atoms with E-state index in [1.54, 1.807) is 12.5 Å². The van der Waals surface area contributed by atoms with Crippen molar-refractivity contribution >= 4 is 12.2 Å². The summed E-state index contributed by atoms with van der Waals surface area (Å²) >= 11 is 0. The van der Waals surface area contributed by atoms with Crippen LogP contribution in [0.1, 0.15) is 11.3 Å². The maximum atomic E-state index is 3.93. The third kappa shape index (κ3) is 2.06. The number of rotatable bonds is 2. The molecular formula is C11H10N2. The van der Waals surface area contributed by atoms with Gasteiger partial charge in [0.1, 0.15) is 0 Å². The number of imidazole rings is 1. The molecule has 2 nitrogen and oxygen atoms in total. The molecule has 0 saturated heterocycles. The smallest absolute Gasteiger partial charge is 0.0924 e. The largest absolute Gasteiger partial charge is 0.345 e. The van der Waals surface area contributed by atoms with E-state index >= 15 is 0 Å². The summed E-state index contributed by atoms with van der Waals surface area (Å²) in [5, 5.41) is 0. The molecule has 1 aromatic heterocycles. The van der Waals surface area contributed by atoms with Crippen LogP contribution in [0.3, 0.4) is 0 Å². The van der Waals surface area contributed by atoms with Crippen molar-refractivity contribution in [3.63, 3.8) is 0 Å². The Balaban J connectivity index is 2.15. The summed E-state index contributed by atoms with van der Waals surface area (Å²) in [6.45, 7) is 0. The molecule has 0 aliphatic carbocycles. The van der Waals surface area contributed by atoms with E-state index in [0.29, 0.717) is 0 Å². The average molecular weight is 170 g/mol. The van der Waals surface area contributed by atoms with Gasteiger partial charge in [-0.1, -0.05) is 36.4 Å². The van der Waals surface area contributed by atoms with Gasteiger partial charge in [-0.3, -0.25) is 0 Å². The second-order valence-corrected chi connectivity index (χ2v) is 2.75. The lowest BCUT2D eigenvalue weighted by Crippen LogP contribution is -1.70. The van der Waals surface area contributed by atoms with Gasteiger partial charge in [0.25, 0.3) is 0 Å². The monoisotopic (exact) mass is 170 g/mol. The Hall–Kier alpha value is -1.83. The molecule has 0 unspecified atom stereocenters. The highest BCUT2D eigenvalue weighted by Crippen LogP contribution is 2.04. The second-order valence-electron chi connectivity index (χ2n) is 2.75. The molecule has 0 aliphatic heterocycles. The van der Waals surface area contributed by atoms with Crippen LogP contribution in [0.5, 0.6) is 0 Å². The fourth-order valence-corrected chi connectivity index (χ4v) is 1.11. The van der Waals surface area contributed by atoms with Crippen LogP contribution >= 0.6 is 0 Å². The van der Waals surface area contributed by atoms with E-state index < -0.39 is 0 Å². The molecule has 0 fully saturated rings. The summed E-state index contributed by atoms with van der Waals surface area (Å²) in [5.41, 5.74) is 2.21. The normalized spacial score (nSPS) is 10.8. The summed E-state index contributed by atoms with van der Waals surface area (Å²) in [6, 6.07) is 10.2. The highest BCUT2D eigenvalue weighted by Gasteiger charge is 1.85. The van der Waals surface area contributed by atoms with Crippen molar-refractivity contribution in [3.8, 4) is 0 Å². The molecule has 0 aliphatic rings. The first kappa shape index (κ1) is 7.80. The van der Waals surface area contributed by atoms with Crippen LogP contribution in [0.25, 0.3) is 12.2 Å². The number of benzene rings is 1. The Kier molecular flexibility index (Phi) is 2.23. The Morgan fingerprint density at radius 2 is 1.92 bits per heavy atom. The fourth-order valence-electron chi connectivity index (χ4n) is 1.11. The van der Waals surface area contributed by atoms with Gasteiger partial charge < -0.3 is 4.98 Å². The van der Waals surface area contributed by atoms with Gasteiger partial charge in [-0.05, 0) is 11.6 Å². The van der Waals surface area contributed by atoms with Gasteiger partial charge in [0.2, 0.25) is 0 Å². The Morgan fingerprint density at radius 3 is 2.62 bits per heavy atom. The number of H-pyrrole nitrogens is 1. The van der Waals surface area contributed by atoms with Crippen molar-refractivity contribution in [1.82, 2.24) is 9.97 Å². The van der Waals surface area contributed by atoms with Gasteiger partial charge in [0, 0.05) is 0 Å². The predicted molar refractivity (Wildman–Crippen MR) is 54.0 cm³/mol. The molecule has 0 amide bonds. The van der Waals surface area contributed by atoms with Crippen LogP contribution in [-0.2, 0) is 0 Å². The van der Waals surface area contributed by atoms with Gasteiger partial charge in [0.05, 0.1) is 18.2 Å². The molecule has 1 heterocycles. The van der Waals surface area contributed by atoms with Crippen LogP contribution < -0.4 is 0 Å². The molecular weight excluding hydrogens is 160 g/mol. The number of hydrogen-bond acceptors (Lipinski definition) is 1. The molecule has 0 radical (unpaired) electrons. The third-order valence-electron chi connectivity index (χ3n) is 1.77. The average Bonchev–Trinajstić information content (AvgIpc) is 2.69. The first-order valence-electron chi connectivity index (χ1n) is 4.17. The fraction of sp³-hybridized carbons (Fsp3) is 0. The van der Waals surface area contributed by atoms with Crippen LogP contribution in [0, 0.1) is 0 Å². The number of aromatic nitrogens is 2. The van der Waals surface area contributed by atoms with E-state index in [1.165, 1.54) is 5.56 Å². The van der Waals surface area contributed by atoms with Crippen molar-refractivity contribution in [2.75, 3.05) is 0 Å². The highest BCUT2D eigenvalue weighted by molar-refractivity contribution is 5.67. The minimum atomic E-state index is 1.02. The quantitative estimate of drug-likeness (QED) is 0.737. The van der Waals surface area contributed by atoms with E-state index in [4.69, 9.17) is 0 Å². The van der Waals surface area contributed by atoms with Crippen molar-refractivity contribution in [2.45, 2.75) is 0 Å². The Labute approximate surface area is 77.0 Å². The molecule has 2 aromatic rings. The van der Waals surface area contributed by atoms with Gasteiger partial charge in [-0.15, -0.1) is 0 Å². The molecule has 0 spiro atoms. The van der Waals surface area contributed by atoms with Crippen molar-refractivity contribution in [3.05, 3.63) is 54.1 Å². The lowest BCUT2D eigenvalue weighted by Gasteiger charge is -1.89. The molecule has 1 aromatic carbocycles. The lowest BCUT2D eigenvalue weighted by molar-refractivity contribution is 1.31. The standard InChI is InChI=1S/C11H10N2/c1-2-4-10(5-3-1)6-7-11-8-12-9-13-11/h1-9H,(H,12,13)/b7-6-. The first-order valence-corrected chi connectivity index (χ1v) is 4.17. The SMILES string of the molecule is C(=C/c1cnc[nH]1)/c1ccccc1. The Bertz CT molecular complexity index is 374. The van der Waals surface area contributed by atoms with Crippen molar-refractivity contribution in [2.24, 2.45) is 0 Å². The number of aromatic amines is 1. The highest BCUT2D eigenvalue weighted by atomic mass is 14.8. The van der Waals surface area contributed by atoms with Crippen LogP contribution in [0.15, 0.2) is 42.9 Å². The van der Waals surface area contributed by atoms with Crippen LogP contribution in [0.2, 0.25) is 0 Å². The summed E-state index contributed by atoms with van der Waals surface area (Å²) in [5.74, 6) is 0. The Morgan fingerprint density at radius 1 is 1.08 bits per heavy atom. The summed E-state index contributed by atoms with van der Waals surface area (Å²) < 4.78 is 0. The zero-order chi connectivity index (χ0) is 8.93. The summed E-state index contributed by atoms with van der Waals surface area (Å²) in [7, 11) is 0. The third-order valence-corrected chi connectivity index (χ3v) is 1.77. The topological polar surface area (TPSA) is 28.7 Å². The minimum absolute atomic E-state index is 1.02. The maximum Gasteiger partial charge on any atom is 0.0924 e. The van der Waals surface area contributed by atoms with E-state index in [-0.39, 0.29) is 0 Å². The molecule has 2 rings (SSSR count). The predicted octanol–water partition coefficient (Wildman–Crippen LogP) is 2.58. The van der Waals surface area contributed by atoms with E-state index in [2.05, 4.69) is 22.1 Å². The van der Waals surface area contributed by atoms with Crippen molar-refractivity contribution < 1.29 is 0 Å². The number of hydrogen-bond donors (Lipinski definition) is 1. The first-order chi connectivity index (χ1) is 6.45. The van der Waals surface area contributed by atoms with Gasteiger partial charge in [-0.2, -0.15) is 0 Å². The van der Waals surface area contributed by atoms with Crippen LogP contribution in [-0.4, -0.2) is 9.97 Å². The maximum absolute atomic E-state index is 3.93. The summed E-state index contributed by atoms with van der Waals surface area (Å²) in [4.78, 5) is 6.94. The lowest BCUT2D eigenvalue weighted by atomic mass is 10.2.